The highest BCUT2D eigenvalue weighted by molar-refractivity contribution is 5.84. The Balaban J connectivity index is 0.000000255. The molecule has 0 radical (unpaired) electrons. The number of carbonyl (C=O) groups is 1. The van der Waals surface area contributed by atoms with Crippen molar-refractivity contribution in [1.82, 2.24) is 0 Å². The highest BCUT2D eigenvalue weighted by atomic mass is 16.5. The normalized spacial score (nSPS) is 8.14. The van der Waals surface area contributed by atoms with Crippen LogP contribution in [-0.2, 0) is 4.79 Å². The van der Waals surface area contributed by atoms with Gasteiger partial charge in [-0.15, -0.1) is 0 Å². The van der Waals surface area contributed by atoms with Crippen molar-refractivity contribution in [3.8, 4) is 5.75 Å². The molecule has 0 aromatic heterocycles. The minimum Gasteiger partial charge on any atom is -0.497 e. The summed E-state index contributed by atoms with van der Waals surface area (Å²) in [5.74, 6) is -0.0255. The molecule has 3 heteroatoms. The Hall–Kier alpha value is -1.77. The first-order valence-corrected chi connectivity index (χ1v) is 4.05. The zero-order valence-electron chi connectivity index (χ0n) is 8.36. The number of methoxy groups -OCH3 is 1. The van der Waals surface area contributed by atoms with Gasteiger partial charge in [0.15, 0.2) is 0 Å². The third-order valence-corrected chi connectivity index (χ3v) is 1.34. The summed E-state index contributed by atoms with van der Waals surface area (Å²) >= 11 is 0. The molecule has 3 nitrogen and oxygen atoms in total. The summed E-state index contributed by atoms with van der Waals surface area (Å²) in [6.07, 6.45) is 0. The van der Waals surface area contributed by atoms with Crippen molar-refractivity contribution in [3.63, 3.8) is 0 Å². The molecule has 0 aliphatic carbocycles. The van der Waals surface area contributed by atoms with Crippen molar-refractivity contribution in [3.05, 3.63) is 42.5 Å². The van der Waals surface area contributed by atoms with E-state index in [4.69, 9.17) is 9.84 Å². The first-order valence-electron chi connectivity index (χ1n) is 4.05. The molecule has 0 unspecified atom stereocenters. The SMILES string of the molecule is C=C(C)C(=O)O.COc1ccccc1. The van der Waals surface area contributed by atoms with Gasteiger partial charge in [-0.05, 0) is 19.1 Å². The molecule has 0 spiro atoms. The van der Waals surface area contributed by atoms with Crippen LogP contribution in [0.25, 0.3) is 0 Å². The molecule has 0 saturated carbocycles. The summed E-state index contributed by atoms with van der Waals surface area (Å²) in [6, 6.07) is 9.68. The summed E-state index contributed by atoms with van der Waals surface area (Å²) in [5.41, 5.74) is 0.176. The number of aliphatic carboxylic acids is 1. The van der Waals surface area contributed by atoms with Crippen molar-refractivity contribution >= 4 is 5.97 Å². The van der Waals surface area contributed by atoms with Crippen LogP contribution in [0, 0.1) is 0 Å². The number of rotatable bonds is 2. The van der Waals surface area contributed by atoms with Gasteiger partial charge in [0.05, 0.1) is 7.11 Å². The number of carboxylic acids is 1. The van der Waals surface area contributed by atoms with Gasteiger partial charge in [-0.25, -0.2) is 4.79 Å². The van der Waals surface area contributed by atoms with E-state index in [-0.39, 0.29) is 5.57 Å². The molecule has 0 bridgehead atoms. The van der Waals surface area contributed by atoms with Crippen LogP contribution in [0.5, 0.6) is 5.75 Å². The first kappa shape index (κ1) is 12.2. The fraction of sp³-hybridized carbons (Fsp3) is 0.182. The Bertz CT molecular complexity index is 279. The Morgan fingerprint density at radius 2 is 1.79 bits per heavy atom. The largest absolute Gasteiger partial charge is 0.497 e. The predicted molar refractivity (Wildman–Crippen MR) is 55.4 cm³/mol. The van der Waals surface area contributed by atoms with Crippen LogP contribution in [-0.4, -0.2) is 18.2 Å². The molecule has 1 rings (SSSR count). The van der Waals surface area contributed by atoms with Crippen molar-refractivity contribution in [2.45, 2.75) is 6.92 Å². The lowest BCUT2D eigenvalue weighted by Crippen LogP contribution is -1.92. The molecule has 0 heterocycles. The highest BCUT2D eigenvalue weighted by Crippen LogP contribution is 2.05. The molecular weight excluding hydrogens is 180 g/mol. The van der Waals surface area contributed by atoms with Gasteiger partial charge >= 0.3 is 5.97 Å². The van der Waals surface area contributed by atoms with Gasteiger partial charge in [-0.1, -0.05) is 24.8 Å². The van der Waals surface area contributed by atoms with Crippen LogP contribution >= 0.6 is 0 Å². The molecular formula is C11H14O3. The molecule has 0 fully saturated rings. The van der Waals surface area contributed by atoms with Crippen molar-refractivity contribution in [2.75, 3.05) is 7.11 Å². The molecule has 0 atom stereocenters. The number of para-hydroxylation sites is 1. The van der Waals surface area contributed by atoms with Gasteiger partial charge < -0.3 is 9.84 Å². The molecule has 1 aromatic rings. The van der Waals surface area contributed by atoms with E-state index in [0.29, 0.717) is 0 Å². The maximum atomic E-state index is 9.60. The molecule has 76 valence electrons. The van der Waals surface area contributed by atoms with Gasteiger partial charge in [0.25, 0.3) is 0 Å². The van der Waals surface area contributed by atoms with Crippen LogP contribution in [0.1, 0.15) is 6.92 Å². The van der Waals surface area contributed by atoms with E-state index >= 15 is 0 Å². The van der Waals surface area contributed by atoms with Crippen LogP contribution in [0.3, 0.4) is 0 Å². The zero-order valence-corrected chi connectivity index (χ0v) is 8.36. The van der Waals surface area contributed by atoms with Crippen LogP contribution in [0.4, 0.5) is 0 Å². The summed E-state index contributed by atoms with van der Waals surface area (Å²) in [5, 5.41) is 7.89. The van der Waals surface area contributed by atoms with E-state index in [0.717, 1.165) is 5.75 Å². The van der Waals surface area contributed by atoms with E-state index in [2.05, 4.69) is 6.58 Å². The van der Waals surface area contributed by atoms with E-state index in [9.17, 15) is 4.79 Å². The number of ether oxygens (including phenoxy) is 1. The number of benzene rings is 1. The topological polar surface area (TPSA) is 46.5 Å². The van der Waals surface area contributed by atoms with Crippen LogP contribution < -0.4 is 4.74 Å². The van der Waals surface area contributed by atoms with E-state index in [1.165, 1.54) is 6.92 Å². The van der Waals surface area contributed by atoms with Crippen molar-refractivity contribution < 1.29 is 14.6 Å². The molecule has 0 aliphatic rings. The molecule has 1 aromatic carbocycles. The summed E-state index contributed by atoms with van der Waals surface area (Å²) < 4.78 is 4.91. The lowest BCUT2D eigenvalue weighted by atomic mass is 10.3. The second kappa shape index (κ2) is 6.71. The average Bonchev–Trinajstić information content (AvgIpc) is 2.20. The summed E-state index contributed by atoms with van der Waals surface area (Å²) in [4.78, 5) is 9.60. The Kier molecular flexibility index (Phi) is 5.87. The van der Waals surface area contributed by atoms with Gasteiger partial charge in [-0.2, -0.15) is 0 Å². The number of hydrogen-bond acceptors (Lipinski definition) is 2. The maximum absolute atomic E-state index is 9.60. The molecule has 0 aliphatic heterocycles. The average molecular weight is 194 g/mol. The first-order chi connectivity index (χ1) is 6.57. The third-order valence-electron chi connectivity index (χ3n) is 1.34. The summed E-state index contributed by atoms with van der Waals surface area (Å²) in [7, 11) is 1.66. The van der Waals surface area contributed by atoms with Gasteiger partial charge in [-0.3, -0.25) is 0 Å². The molecule has 0 amide bonds. The van der Waals surface area contributed by atoms with Gasteiger partial charge in [0, 0.05) is 5.57 Å². The Labute approximate surface area is 83.6 Å². The van der Waals surface area contributed by atoms with Gasteiger partial charge in [0.2, 0.25) is 0 Å². The minimum atomic E-state index is -0.935. The lowest BCUT2D eigenvalue weighted by Gasteiger charge is -1.93. The second-order valence-corrected chi connectivity index (χ2v) is 2.60. The third kappa shape index (κ3) is 5.83. The number of hydrogen-bond donors (Lipinski definition) is 1. The van der Waals surface area contributed by atoms with E-state index in [1.54, 1.807) is 7.11 Å². The summed E-state index contributed by atoms with van der Waals surface area (Å²) in [6.45, 7) is 4.60. The minimum absolute atomic E-state index is 0.176. The Morgan fingerprint density at radius 3 is 2.00 bits per heavy atom. The van der Waals surface area contributed by atoms with Crippen LogP contribution in [0.15, 0.2) is 42.5 Å². The van der Waals surface area contributed by atoms with E-state index in [1.807, 2.05) is 30.3 Å². The monoisotopic (exact) mass is 194 g/mol. The van der Waals surface area contributed by atoms with Crippen LogP contribution in [0.2, 0.25) is 0 Å². The Morgan fingerprint density at radius 1 is 1.36 bits per heavy atom. The van der Waals surface area contributed by atoms with Crippen molar-refractivity contribution in [1.29, 1.82) is 0 Å². The molecule has 14 heavy (non-hydrogen) atoms. The quantitative estimate of drug-likeness (QED) is 0.735. The fourth-order valence-corrected chi connectivity index (χ4v) is 0.557. The highest BCUT2D eigenvalue weighted by Gasteiger charge is 1.90. The fourth-order valence-electron chi connectivity index (χ4n) is 0.557. The maximum Gasteiger partial charge on any atom is 0.330 e. The zero-order chi connectivity index (χ0) is 11.0. The standard InChI is InChI=1S/C7H8O.C4H6O2/c1-8-7-5-3-2-4-6-7;1-3(2)4(5)6/h2-6H,1H3;1H2,2H3,(H,5,6). The lowest BCUT2D eigenvalue weighted by molar-refractivity contribution is -0.132. The molecule has 1 N–H and O–H groups in total. The molecule has 0 saturated heterocycles. The van der Waals surface area contributed by atoms with Crippen molar-refractivity contribution in [2.24, 2.45) is 0 Å². The smallest absolute Gasteiger partial charge is 0.330 e. The van der Waals surface area contributed by atoms with E-state index < -0.39 is 5.97 Å². The predicted octanol–water partition coefficient (Wildman–Crippen LogP) is 2.34. The van der Waals surface area contributed by atoms with Gasteiger partial charge in [0.1, 0.15) is 5.75 Å². The second-order valence-electron chi connectivity index (χ2n) is 2.60. The number of carboxylic acid groups (broad SMARTS) is 1.